The van der Waals surface area contributed by atoms with Gasteiger partial charge in [-0.1, -0.05) is 49.4 Å². The molecule has 0 amide bonds. The van der Waals surface area contributed by atoms with Crippen LogP contribution in [0.25, 0.3) is 6.08 Å². The third-order valence-electron chi connectivity index (χ3n) is 2.36. The van der Waals surface area contributed by atoms with Crippen molar-refractivity contribution in [3.63, 3.8) is 0 Å². The van der Waals surface area contributed by atoms with Crippen LogP contribution < -0.4 is 5.32 Å². The molecule has 17 heavy (non-hydrogen) atoms. The molecule has 0 heterocycles. The van der Waals surface area contributed by atoms with Gasteiger partial charge in [0.05, 0.1) is 0 Å². The maximum Gasteiger partial charge on any atom is 0.0478 e. The molecule has 94 valence electrons. The van der Waals surface area contributed by atoms with Crippen LogP contribution in [-0.2, 0) is 4.74 Å². The van der Waals surface area contributed by atoms with E-state index in [0.717, 1.165) is 39.1 Å². The van der Waals surface area contributed by atoms with Gasteiger partial charge in [-0.25, -0.2) is 0 Å². The van der Waals surface area contributed by atoms with Crippen LogP contribution in [0.15, 0.2) is 36.4 Å². The molecule has 0 aromatic heterocycles. The standard InChI is InChI=1S/C15H23NO/c1-2-13-17-14-7-12-16-11-6-10-15-8-4-3-5-9-15/h3-6,8-10,16H,2,7,11-14H2,1H3/b10-6+. The quantitative estimate of drug-likeness (QED) is 0.662. The molecule has 0 aliphatic carbocycles. The van der Waals surface area contributed by atoms with Gasteiger partial charge in [0, 0.05) is 19.8 Å². The van der Waals surface area contributed by atoms with E-state index in [0.29, 0.717) is 0 Å². The van der Waals surface area contributed by atoms with Gasteiger partial charge in [0.1, 0.15) is 0 Å². The lowest BCUT2D eigenvalue weighted by Crippen LogP contribution is -2.16. The van der Waals surface area contributed by atoms with Crippen molar-refractivity contribution in [1.82, 2.24) is 5.32 Å². The van der Waals surface area contributed by atoms with Crippen LogP contribution >= 0.6 is 0 Å². The summed E-state index contributed by atoms with van der Waals surface area (Å²) >= 11 is 0. The number of hydrogen-bond donors (Lipinski definition) is 1. The molecule has 0 bridgehead atoms. The van der Waals surface area contributed by atoms with E-state index < -0.39 is 0 Å². The monoisotopic (exact) mass is 233 g/mol. The summed E-state index contributed by atoms with van der Waals surface area (Å²) in [6, 6.07) is 10.4. The summed E-state index contributed by atoms with van der Waals surface area (Å²) in [5.74, 6) is 0. The first-order valence-electron chi connectivity index (χ1n) is 6.43. The highest BCUT2D eigenvalue weighted by Crippen LogP contribution is 1.99. The maximum absolute atomic E-state index is 5.40. The summed E-state index contributed by atoms with van der Waals surface area (Å²) in [4.78, 5) is 0. The van der Waals surface area contributed by atoms with Crippen LogP contribution in [0, 0.1) is 0 Å². The minimum atomic E-state index is 0.864. The van der Waals surface area contributed by atoms with Crippen LogP contribution in [0.2, 0.25) is 0 Å². The van der Waals surface area contributed by atoms with Gasteiger partial charge in [-0.2, -0.15) is 0 Å². The Hall–Kier alpha value is -1.12. The normalized spacial score (nSPS) is 11.1. The molecule has 0 saturated carbocycles. The number of nitrogens with one attached hydrogen (secondary N) is 1. The fourth-order valence-corrected chi connectivity index (χ4v) is 1.49. The fourth-order valence-electron chi connectivity index (χ4n) is 1.49. The van der Waals surface area contributed by atoms with Crippen molar-refractivity contribution in [3.05, 3.63) is 42.0 Å². The van der Waals surface area contributed by atoms with Gasteiger partial charge < -0.3 is 10.1 Å². The fraction of sp³-hybridized carbons (Fsp3) is 0.467. The van der Waals surface area contributed by atoms with Gasteiger partial charge in [-0.15, -0.1) is 0 Å². The van der Waals surface area contributed by atoms with E-state index in [2.05, 4.69) is 48.7 Å². The Morgan fingerprint density at radius 2 is 2.00 bits per heavy atom. The van der Waals surface area contributed by atoms with Crippen LogP contribution in [0.1, 0.15) is 25.3 Å². The van der Waals surface area contributed by atoms with Gasteiger partial charge in [-0.05, 0) is 24.9 Å². The molecule has 0 fully saturated rings. The first-order chi connectivity index (χ1) is 8.43. The zero-order valence-electron chi connectivity index (χ0n) is 10.7. The van der Waals surface area contributed by atoms with Gasteiger partial charge in [0.15, 0.2) is 0 Å². The molecule has 1 N–H and O–H groups in total. The largest absolute Gasteiger partial charge is 0.381 e. The Kier molecular flexibility index (Phi) is 8.25. The molecular weight excluding hydrogens is 210 g/mol. The molecule has 0 spiro atoms. The lowest BCUT2D eigenvalue weighted by Gasteiger charge is -2.02. The van der Waals surface area contributed by atoms with E-state index in [1.807, 2.05) is 6.07 Å². The molecule has 0 radical (unpaired) electrons. The van der Waals surface area contributed by atoms with Crippen LogP contribution in [0.4, 0.5) is 0 Å². The average Bonchev–Trinajstić information content (AvgIpc) is 2.38. The minimum absolute atomic E-state index is 0.864. The second-order valence-electron chi connectivity index (χ2n) is 3.98. The van der Waals surface area contributed by atoms with Gasteiger partial charge in [0.25, 0.3) is 0 Å². The minimum Gasteiger partial charge on any atom is -0.381 e. The molecule has 1 aromatic carbocycles. The Balaban J connectivity index is 1.95. The van der Waals surface area contributed by atoms with Gasteiger partial charge in [0.2, 0.25) is 0 Å². The first-order valence-corrected chi connectivity index (χ1v) is 6.43. The predicted octanol–water partition coefficient (Wildman–Crippen LogP) is 3.11. The zero-order chi connectivity index (χ0) is 12.2. The number of ether oxygens (including phenoxy) is 1. The average molecular weight is 233 g/mol. The highest BCUT2D eigenvalue weighted by Gasteiger charge is 1.87. The molecule has 0 unspecified atom stereocenters. The lowest BCUT2D eigenvalue weighted by molar-refractivity contribution is 0.132. The van der Waals surface area contributed by atoms with Crippen molar-refractivity contribution in [2.75, 3.05) is 26.3 Å². The number of rotatable bonds is 9. The van der Waals surface area contributed by atoms with E-state index in [9.17, 15) is 0 Å². The molecule has 1 aromatic rings. The lowest BCUT2D eigenvalue weighted by atomic mass is 10.2. The Morgan fingerprint density at radius 3 is 2.76 bits per heavy atom. The summed E-state index contributed by atoms with van der Waals surface area (Å²) in [5.41, 5.74) is 1.25. The van der Waals surface area contributed by atoms with E-state index in [1.54, 1.807) is 0 Å². The van der Waals surface area contributed by atoms with E-state index in [1.165, 1.54) is 5.56 Å². The molecule has 0 aliphatic rings. The molecule has 0 aliphatic heterocycles. The third-order valence-corrected chi connectivity index (χ3v) is 2.36. The number of benzene rings is 1. The predicted molar refractivity (Wildman–Crippen MR) is 74.1 cm³/mol. The smallest absolute Gasteiger partial charge is 0.0478 e. The topological polar surface area (TPSA) is 21.3 Å². The first kappa shape index (κ1) is 13.9. The van der Waals surface area contributed by atoms with Crippen LogP contribution in [-0.4, -0.2) is 26.3 Å². The van der Waals surface area contributed by atoms with Crippen molar-refractivity contribution < 1.29 is 4.74 Å². The molecule has 0 saturated heterocycles. The van der Waals surface area contributed by atoms with Crippen molar-refractivity contribution in [1.29, 1.82) is 0 Å². The van der Waals surface area contributed by atoms with Crippen LogP contribution in [0.5, 0.6) is 0 Å². The SMILES string of the molecule is CCCOCCCNC/C=C/c1ccccc1. The summed E-state index contributed by atoms with van der Waals surface area (Å²) in [6.45, 7) is 5.81. The molecule has 1 rings (SSSR count). The van der Waals surface area contributed by atoms with Crippen molar-refractivity contribution in [2.24, 2.45) is 0 Å². The maximum atomic E-state index is 5.40. The van der Waals surface area contributed by atoms with E-state index in [-0.39, 0.29) is 0 Å². The molecular formula is C15H23NO. The van der Waals surface area contributed by atoms with Crippen molar-refractivity contribution in [3.8, 4) is 0 Å². The summed E-state index contributed by atoms with van der Waals surface area (Å²) < 4.78 is 5.40. The molecule has 0 atom stereocenters. The highest BCUT2D eigenvalue weighted by atomic mass is 16.5. The third kappa shape index (κ3) is 7.72. The van der Waals surface area contributed by atoms with E-state index in [4.69, 9.17) is 4.74 Å². The van der Waals surface area contributed by atoms with Crippen LogP contribution in [0.3, 0.4) is 0 Å². The van der Waals surface area contributed by atoms with E-state index >= 15 is 0 Å². The summed E-state index contributed by atoms with van der Waals surface area (Å²) in [5, 5.41) is 3.37. The molecule has 2 nitrogen and oxygen atoms in total. The number of hydrogen-bond acceptors (Lipinski definition) is 2. The Bertz CT molecular complexity index is 295. The summed E-state index contributed by atoms with van der Waals surface area (Å²) in [7, 11) is 0. The highest BCUT2D eigenvalue weighted by molar-refractivity contribution is 5.48. The van der Waals surface area contributed by atoms with Gasteiger partial charge >= 0.3 is 0 Å². The second kappa shape index (κ2) is 10.1. The second-order valence-corrected chi connectivity index (χ2v) is 3.98. The summed E-state index contributed by atoms with van der Waals surface area (Å²) in [6.07, 6.45) is 6.48. The van der Waals surface area contributed by atoms with Crippen molar-refractivity contribution >= 4 is 6.08 Å². The van der Waals surface area contributed by atoms with Gasteiger partial charge in [-0.3, -0.25) is 0 Å². The Labute approximate surface area is 105 Å². The van der Waals surface area contributed by atoms with Crippen molar-refractivity contribution in [2.45, 2.75) is 19.8 Å². The Morgan fingerprint density at radius 1 is 1.18 bits per heavy atom. The zero-order valence-corrected chi connectivity index (χ0v) is 10.7. The molecule has 2 heteroatoms.